The number of fused-ring (bicyclic) bond motifs is 1. The van der Waals surface area contributed by atoms with Crippen molar-refractivity contribution in [3.8, 4) is 0 Å². The molecule has 5 nitrogen and oxygen atoms in total. The highest BCUT2D eigenvalue weighted by atomic mass is 32.1. The third-order valence-corrected chi connectivity index (χ3v) is 4.44. The maximum absolute atomic E-state index is 11.7. The minimum atomic E-state index is -0.0152. The van der Waals surface area contributed by atoms with E-state index in [1.54, 1.807) is 11.3 Å². The standard InChI is InChI=1S/C14H24N4OS/c1-3-7-16-10-5-6-11-12(8-10)20-14(17-11)18-13(19)9-15-4-2/h10,15-16H,3-9H2,1-2H3,(H,17,18,19). The summed E-state index contributed by atoms with van der Waals surface area (Å²) in [5, 5.41) is 10.2. The number of aromatic nitrogens is 1. The fraction of sp³-hybridized carbons (Fsp3) is 0.714. The van der Waals surface area contributed by atoms with Crippen LogP contribution in [0.4, 0.5) is 5.13 Å². The van der Waals surface area contributed by atoms with Crippen LogP contribution in [0, 0.1) is 0 Å². The van der Waals surface area contributed by atoms with Crippen LogP contribution in [0.25, 0.3) is 0 Å². The molecule has 0 aliphatic heterocycles. The van der Waals surface area contributed by atoms with Crippen molar-refractivity contribution in [1.82, 2.24) is 15.6 Å². The number of nitrogens with zero attached hydrogens (tertiary/aromatic N) is 1. The predicted molar refractivity (Wildman–Crippen MR) is 83.4 cm³/mol. The molecule has 1 aliphatic rings. The smallest absolute Gasteiger partial charge is 0.240 e. The molecule has 1 amide bonds. The molecule has 1 aromatic rings. The molecule has 6 heteroatoms. The van der Waals surface area contributed by atoms with E-state index in [0.29, 0.717) is 12.6 Å². The lowest BCUT2D eigenvalue weighted by molar-refractivity contribution is -0.115. The van der Waals surface area contributed by atoms with Gasteiger partial charge in [-0.3, -0.25) is 4.79 Å². The van der Waals surface area contributed by atoms with Crippen LogP contribution in [0.3, 0.4) is 0 Å². The number of carbonyl (C=O) groups is 1. The number of carbonyl (C=O) groups excluding carboxylic acids is 1. The Balaban J connectivity index is 1.89. The number of aryl methyl sites for hydroxylation is 1. The van der Waals surface area contributed by atoms with E-state index in [2.05, 4.69) is 27.9 Å². The average Bonchev–Trinajstić information content (AvgIpc) is 2.84. The summed E-state index contributed by atoms with van der Waals surface area (Å²) in [5.74, 6) is -0.0152. The van der Waals surface area contributed by atoms with Crippen molar-refractivity contribution in [3.63, 3.8) is 0 Å². The van der Waals surface area contributed by atoms with Crippen LogP contribution in [0.2, 0.25) is 0 Å². The van der Waals surface area contributed by atoms with Gasteiger partial charge in [-0.05, 0) is 38.8 Å². The summed E-state index contributed by atoms with van der Waals surface area (Å²) in [6.07, 6.45) is 4.35. The Kier molecular flexibility index (Phi) is 5.94. The van der Waals surface area contributed by atoms with Crippen molar-refractivity contribution in [2.45, 2.75) is 45.6 Å². The summed E-state index contributed by atoms with van der Waals surface area (Å²) in [5.41, 5.74) is 1.17. The van der Waals surface area contributed by atoms with E-state index in [1.165, 1.54) is 10.6 Å². The van der Waals surface area contributed by atoms with Gasteiger partial charge in [0.2, 0.25) is 5.91 Å². The Morgan fingerprint density at radius 3 is 3.05 bits per heavy atom. The van der Waals surface area contributed by atoms with E-state index in [-0.39, 0.29) is 5.91 Å². The first-order chi connectivity index (χ1) is 9.72. The largest absolute Gasteiger partial charge is 0.314 e. The lowest BCUT2D eigenvalue weighted by Crippen LogP contribution is -2.34. The summed E-state index contributed by atoms with van der Waals surface area (Å²) < 4.78 is 0. The van der Waals surface area contributed by atoms with E-state index in [4.69, 9.17) is 0 Å². The highest BCUT2D eigenvalue weighted by molar-refractivity contribution is 7.15. The maximum Gasteiger partial charge on any atom is 0.240 e. The number of anilines is 1. The van der Waals surface area contributed by atoms with Crippen LogP contribution < -0.4 is 16.0 Å². The van der Waals surface area contributed by atoms with Crippen molar-refractivity contribution in [3.05, 3.63) is 10.6 Å². The molecule has 0 radical (unpaired) electrons. The van der Waals surface area contributed by atoms with Crippen LogP contribution >= 0.6 is 11.3 Å². The van der Waals surface area contributed by atoms with Crippen LogP contribution in [-0.4, -0.2) is 36.6 Å². The van der Waals surface area contributed by atoms with Gasteiger partial charge in [0.1, 0.15) is 0 Å². The summed E-state index contributed by atoms with van der Waals surface area (Å²) in [7, 11) is 0. The zero-order valence-electron chi connectivity index (χ0n) is 12.3. The van der Waals surface area contributed by atoms with Gasteiger partial charge >= 0.3 is 0 Å². The van der Waals surface area contributed by atoms with E-state index in [9.17, 15) is 4.79 Å². The molecule has 0 saturated heterocycles. The molecule has 3 N–H and O–H groups in total. The number of rotatable bonds is 7. The van der Waals surface area contributed by atoms with E-state index in [1.807, 2.05) is 6.92 Å². The van der Waals surface area contributed by atoms with Crippen molar-refractivity contribution in [1.29, 1.82) is 0 Å². The number of likely N-dealkylation sites (N-methyl/N-ethyl adjacent to an activating group) is 1. The first-order valence-corrected chi connectivity index (χ1v) is 8.27. The van der Waals surface area contributed by atoms with E-state index >= 15 is 0 Å². The molecule has 1 aliphatic carbocycles. The van der Waals surface area contributed by atoms with E-state index in [0.717, 1.165) is 43.9 Å². The zero-order valence-corrected chi connectivity index (χ0v) is 13.1. The van der Waals surface area contributed by atoms with Gasteiger partial charge in [0.25, 0.3) is 0 Å². The van der Waals surface area contributed by atoms with Crippen LogP contribution in [-0.2, 0) is 17.6 Å². The second kappa shape index (κ2) is 7.71. The summed E-state index contributed by atoms with van der Waals surface area (Å²) in [6, 6.07) is 0.563. The van der Waals surface area contributed by atoms with Crippen LogP contribution in [0.5, 0.6) is 0 Å². The van der Waals surface area contributed by atoms with Crippen LogP contribution in [0.15, 0.2) is 0 Å². The third kappa shape index (κ3) is 4.26. The highest BCUT2D eigenvalue weighted by Crippen LogP contribution is 2.29. The number of hydrogen-bond acceptors (Lipinski definition) is 5. The predicted octanol–water partition coefficient (Wildman–Crippen LogP) is 1.55. The SMILES string of the molecule is CCCNC1CCc2nc(NC(=O)CNCC)sc2C1. The fourth-order valence-electron chi connectivity index (χ4n) is 2.35. The normalized spacial score (nSPS) is 17.8. The minimum absolute atomic E-state index is 0.0152. The highest BCUT2D eigenvalue weighted by Gasteiger charge is 2.22. The Labute approximate surface area is 124 Å². The molecule has 112 valence electrons. The third-order valence-electron chi connectivity index (χ3n) is 3.40. The molecular weight excluding hydrogens is 272 g/mol. The number of hydrogen-bond donors (Lipinski definition) is 3. The molecular formula is C14H24N4OS. The van der Waals surface area contributed by atoms with Gasteiger partial charge in [-0.1, -0.05) is 13.8 Å². The molecule has 1 atom stereocenters. The van der Waals surface area contributed by atoms with Gasteiger partial charge in [0, 0.05) is 10.9 Å². The molecule has 2 rings (SSSR count). The number of thiazole rings is 1. The molecule has 0 aromatic carbocycles. The monoisotopic (exact) mass is 296 g/mol. The lowest BCUT2D eigenvalue weighted by atomic mass is 9.98. The van der Waals surface area contributed by atoms with Crippen molar-refractivity contribution < 1.29 is 4.79 Å². The van der Waals surface area contributed by atoms with Crippen molar-refractivity contribution in [2.24, 2.45) is 0 Å². The fourth-order valence-corrected chi connectivity index (χ4v) is 3.46. The maximum atomic E-state index is 11.7. The second-order valence-electron chi connectivity index (χ2n) is 5.11. The second-order valence-corrected chi connectivity index (χ2v) is 6.19. The molecule has 1 aromatic heterocycles. The quantitative estimate of drug-likeness (QED) is 0.714. The van der Waals surface area contributed by atoms with Gasteiger partial charge in [-0.15, -0.1) is 11.3 Å². The average molecular weight is 296 g/mol. The number of nitrogens with one attached hydrogen (secondary N) is 3. The molecule has 1 unspecified atom stereocenters. The van der Waals surface area contributed by atoms with Gasteiger partial charge in [0.05, 0.1) is 12.2 Å². The Hall–Kier alpha value is -0.980. The topological polar surface area (TPSA) is 66.0 Å². The molecule has 0 saturated carbocycles. The first-order valence-electron chi connectivity index (χ1n) is 7.45. The molecule has 0 fully saturated rings. The summed E-state index contributed by atoms with van der Waals surface area (Å²) in [6.45, 7) is 6.39. The lowest BCUT2D eigenvalue weighted by Gasteiger charge is -2.21. The molecule has 0 bridgehead atoms. The Morgan fingerprint density at radius 2 is 2.30 bits per heavy atom. The summed E-state index contributed by atoms with van der Waals surface area (Å²) >= 11 is 1.62. The zero-order chi connectivity index (χ0) is 14.4. The van der Waals surface area contributed by atoms with Gasteiger partial charge < -0.3 is 16.0 Å². The van der Waals surface area contributed by atoms with E-state index < -0.39 is 0 Å². The van der Waals surface area contributed by atoms with Crippen molar-refractivity contribution >= 4 is 22.4 Å². The van der Waals surface area contributed by atoms with Gasteiger partial charge in [-0.25, -0.2) is 4.98 Å². The first kappa shape index (κ1) is 15.4. The van der Waals surface area contributed by atoms with Crippen LogP contribution in [0.1, 0.15) is 37.3 Å². The Bertz CT molecular complexity index is 446. The van der Waals surface area contributed by atoms with Crippen molar-refractivity contribution in [2.75, 3.05) is 25.0 Å². The molecule has 1 heterocycles. The van der Waals surface area contributed by atoms with Gasteiger partial charge in [-0.2, -0.15) is 0 Å². The minimum Gasteiger partial charge on any atom is -0.314 e. The summed E-state index contributed by atoms with van der Waals surface area (Å²) in [4.78, 5) is 17.5. The number of amides is 1. The Morgan fingerprint density at radius 1 is 1.45 bits per heavy atom. The van der Waals surface area contributed by atoms with Gasteiger partial charge in [0.15, 0.2) is 5.13 Å². The molecule has 0 spiro atoms. The molecule has 20 heavy (non-hydrogen) atoms.